The van der Waals surface area contributed by atoms with Gasteiger partial charge in [0.05, 0.1) is 17.2 Å². The first-order chi connectivity index (χ1) is 13.5. The maximum absolute atomic E-state index is 12.4. The Hall–Kier alpha value is -3.66. The molecule has 1 aliphatic rings. The van der Waals surface area contributed by atoms with Gasteiger partial charge in [-0.15, -0.1) is 0 Å². The van der Waals surface area contributed by atoms with Crippen molar-refractivity contribution < 1.29 is 19.1 Å². The lowest BCUT2D eigenvalue weighted by atomic mass is 10.2. The molecule has 1 atom stereocenters. The van der Waals surface area contributed by atoms with E-state index in [4.69, 9.17) is 10.00 Å². The molecule has 0 aromatic heterocycles. The first kappa shape index (κ1) is 19.1. The number of esters is 1. The van der Waals surface area contributed by atoms with Gasteiger partial charge in [0.2, 0.25) is 5.91 Å². The molecule has 142 valence electrons. The van der Waals surface area contributed by atoms with Crippen LogP contribution in [0.15, 0.2) is 48.5 Å². The smallest absolute Gasteiger partial charge is 0.338 e. The lowest BCUT2D eigenvalue weighted by molar-refractivity contribution is -0.123. The zero-order valence-electron chi connectivity index (χ0n) is 15.3. The molecule has 2 aromatic carbocycles. The van der Waals surface area contributed by atoms with Gasteiger partial charge in [-0.1, -0.05) is 6.07 Å². The lowest BCUT2D eigenvalue weighted by Crippen LogP contribution is -2.30. The van der Waals surface area contributed by atoms with Crippen molar-refractivity contribution in [3.05, 3.63) is 59.7 Å². The molecule has 1 N–H and O–H groups in total. The number of anilines is 2. The van der Waals surface area contributed by atoms with Gasteiger partial charge in [0.1, 0.15) is 0 Å². The van der Waals surface area contributed by atoms with Gasteiger partial charge in [0.25, 0.3) is 5.91 Å². The van der Waals surface area contributed by atoms with Crippen LogP contribution in [0, 0.1) is 11.3 Å². The summed E-state index contributed by atoms with van der Waals surface area (Å²) in [6, 6.07) is 15.0. The normalized spacial score (nSPS) is 14.3. The lowest BCUT2D eigenvalue weighted by Gasteiger charge is -2.17. The van der Waals surface area contributed by atoms with E-state index in [1.165, 1.54) is 6.92 Å². The van der Waals surface area contributed by atoms with Crippen molar-refractivity contribution in [3.63, 3.8) is 0 Å². The minimum Gasteiger partial charge on any atom is -0.449 e. The standard InChI is InChI=1S/C21H19N3O4/c1-14(20(26)23-17-9-7-15(13-22)8-10-17)28-21(27)16-4-2-5-18(12-16)24-11-3-6-19(24)25/h2,4-5,7-10,12,14H,3,6,11H2,1H3,(H,23,26). The SMILES string of the molecule is CC(OC(=O)c1cccc(N2CCCC2=O)c1)C(=O)Nc1ccc(C#N)cc1. The monoisotopic (exact) mass is 377 g/mol. The molecule has 7 nitrogen and oxygen atoms in total. The van der Waals surface area contributed by atoms with Crippen LogP contribution in [0.4, 0.5) is 11.4 Å². The van der Waals surface area contributed by atoms with Crippen LogP contribution in [0.3, 0.4) is 0 Å². The summed E-state index contributed by atoms with van der Waals surface area (Å²) in [5.41, 5.74) is 1.90. The number of carbonyl (C=O) groups excluding carboxylic acids is 3. The van der Waals surface area contributed by atoms with Crippen molar-refractivity contribution in [3.8, 4) is 6.07 Å². The molecule has 2 amide bonds. The summed E-state index contributed by atoms with van der Waals surface area (Å²) < 4.78 is 5.25. The van der Waals surface area contributed by atoms with E-state index in [0.717, 1.165) is 6.42 Å². The molecule has 0 bridgehead atoms. The summed E-state index contributed by atoms with van der Waals surface area (Å²) in [5, 5.41) is 11.4. The van der Waals surface area contributed by atoms with Gasteiger partial charge in [-0.3, -0.25) is 9.59 Å². The Morgan fingerprint density at radius 3 is 2.61 bits per heavy atom. The molecular formula is C21H19N3O4. The third kappa shape index (κ3) is 4.35. The maximum atomic E-state index is 12.4. The third-order valence-corrected chi connectivity index (χ3v) is 4.40. The van der Waals surface area contributed by atoms with E-state index < -0.39 is 18.0 Å². The van der Waals surface area contributed by atoms with E-state index in [-0.39, 0.29) is 11.5 Å². The summed E-state index contributed by atoms with van der Waals surface area (Å²) in [6.07, 6.45) is 0.279. The van der Waals surface area contributed by atoms with Gasteiger partial charge >= 0.3 is 5.97 Å². The molecular weight excluding hydrogens is 358 g/mol. The number of carbonyl (C=O) groups is 3. The van der Waals surface area contributed by atoms with Crippen molar-refractivity contribution in [2.75, 3.05) is 16.8 Å². The van der Waals surface area contributed by atoms with E-state index >= 15 is 0 Å². The van der Waals surface area contributed by atoms with Gasteiger partial charge in [-0.2, -0.15) is 5.26 Å². The summed E-state index contributed by atoms with van der Waals surface area (Å²) in [4.78, 5) is 38.2. The van der Waals surface area contributed by atoms with Crippen molar-refractivity contribution in [1.29, 1.82) is 5.26 Å². The summed E-state index contributed by atoms with van der Waals surface area (Å²) in [6.45, 7) is 2.10. The van der Waals surface area contributed by atoms with Gasteiger partial charge in [-0.05, 0) is 55.8 Å². The molecule has 0 aliphatic carbocycles. The Balaban J connectivity index is 1.62. The van der Waals surface area contributed by atoms with Crippen LogP contribution in [0.25, 0.3) is 0 Å². The highest BCUT2D eigenvalue weighted by Gasteiger charge is 2.23. The summed E-state index contributed by atoms with van der Waals surface area (Å²) >= 11 is 0. The number of amides is 2. The molecule has 28 heavy (non-hydrogen) atoms. The first-order valence-corrected chi connectivity index (χ1v) is 8.90. The number of nitrogens with zero attached hydrogens (tertiary/aromatic N) is 2. The average Bonchev–Trinajstić information content (AvgIpc) is 3.14. The Morgan fingerprint density at radius 2 is 1.96 bits per heavy atom. The fourth-order valence-corrected chi connectivity index (χ4v) is 2.88. The molecule has 0 spiro atoms. The van der Waals surface area contributed by atoms with E-state index in [2.05, 4.69) is 5.32 Å². The topological polar surface area (TPSA) is 99.5 Å². The molecule has 7 heteroatoms. The Bertz CT molecular complexity index is 947. The highest BCUT2D eigenvalue weighted by Crippen LogP contribution is 2.22. The van der Waals surface area contributed by atoms with Crippen molar-refractivity contribution in [1.82, 2.24) is 0 Å². The number of ether oxygens (including phenoxy) is 1. The van der Waals surface area contributed by atoms with Crippen molar-refractivity contribution in [2.45, 2.75) is 25.9 Å². The molecule has 1 fully saturated rings. The Kier molecular flexibility index (Phi) is 5.70. The van der Waals surface area contributed by atoms with Crippen LogP contribution in [0.1, 0.15) is 35.7 Å². The molecule has 1 unspecified atom stereocenters. The fourth-order valence-electron chi connectivity index (χ4n) is 2.88. The minimum atomic E-state index is -1.01. The predicted octanol–water partition coefficient (Wildman–Crippen LogP) is 2.87. The summed E-state index contributed by atoms with van der Waals surface area (Å²) in [7, 11) is 0. The largest absolute Gasteiger partial charge is 0.449 e. The third-order valence-electron chi connectivity index (χ3n) is 4.40. The van der Waals surface area contributed by atoms with Crippen LogP contribution >= 0.6 is 0 Å². The number of nitriles is 1. The molecule has 3 rings (SSSR count). The Morgan fingerprint density at radius 1 is 1.21 bits per heavy atom. The van der Waals surface area contributed by atoms with Crippen molar-refractivity contribution in [2.24, 2.45) is 0 Å². The second kappa shape index (κ2) is 8.35. The zero-order valence-corrected chi connectivity index (χ0v) is 15.3. The van der Waals surface area contributed by atoms with E-state index in [1.807, 2.05) is 6.07 Å². The number of rotatable bonds is 5. The van der Waals surface area contributed by atoms with Crippen LogP contribution in [-0.4, -0.2) is 30.4 Å². The molecule has 0 radical (unpaired) electrons. The second-order valence-corrected chi connectivity index (χ2v) is 6.43. The molecule has 2 aromatic rings. The van der Waals surface area contributed by atoms with Gasteiger partial charge in [0.15, 0.2) is 6.10 Å². The number of hydrogen-bond donors (Lipinski definition) is 1. The minimum absolute atomic E-state index is 0.0284. The Labute approximate surface area is 162 Å². The van der Waals surface area contributed by atoms with E-state index in [0.29, 0.717) is 29.9 Å². The van der Waals surface area contributed by atoms with Crippen LogP contribution in [0.5, 0.6) is 0 Å². The number of hydrogen-bond acceptors (Lipinski definition) is 5. The average molecular weight is 377 g/mol. The van der Waals surface area contributed by atoms with Gasteiger partial charge in [-0.25, -0.2) is 4.79 Å². The molecule has 1 saturated heterocycles. The van der Waals surface area contributed by atoms with Crippen molar-refractivity contribution >= 4 is 29.2 Å². The zero-order chi connectivity index (χ0) is 20.1. The van der Waals surface area contributed by atoms with Crippen LogP contribution in [0.2, 0.25) is 0 Å². The van der Waals surface area contributed by atoms with Gasteiger partial charge < -0.3 is 15.0 Å². The molecule has 1 aliphatic heterocycles. The molecule has 0 saturated carbocycles. The van der Waals surface area contributed by atoms with E-state index in [1.54, 1.807) is 53.4 Å². The second-order valence-electron chi connectivity index (χ2n) is 6.43. The highest BCUT2D eigenvalue weighted by molar-refractivity contribution is 5.99. The number of nitrogens with one attached hydrogen (secondary N) is 1. The molecule has 1 heterocycles. The van der Waals surface area contributed by atoms with Crippen LogP contribution < -0.4 is 10.2 Å². The highest BCUT2D eigenvalue weighted by atomic mass is 16.5. The summed E-state index contributed by atoms with van der Waals surface area (Å²) in [5.74, 6) is -1.10. The van der Waals surface area contributed by atoms with Crippen LogP contribution in [-0.2, 0) is 14.3 Å². The van der Waals surface area contributed by atoms with Gasteiger partial charge in [0, 0.05) is 24.3 Å². The quantitative estimate of drug-likeness (QED) is 0.808. The first-order valence-electron chi connectivity index (χ1n) is 8.90. The fraction of sp³-hybridized carbons (Fsp3) is 0.238. The predicted molar refractivity (Wildman–Crippen MR) is 103 cm³/mol. The van der Waals surface area contributed by atoms with E-state index in [9.17, 15) is 14.4 Å². The number of benzene rings is 2. The maximum Gasteiger partial charge on any atom is 0.338 e.